The highest BCUT2D eigenvalue weighted by atomic mass is 31.2. The van der Waals surface area contributed by atoms with E-state index in [0.717, 1.165) is 0 Å². The largest absolute Gasteiger partial charge is 0.632 e. The van der Waals surface area contributed by atoms with Crippen LogP contribution in [0.25, 0.3) is 0 Å². The Labute approximate surface area is 87.7 Å². The molecule has 0 aliphatic carbocycles. The van der Waals surface area contributed by atoms with Crippen LogP contribution in [-0.2, 0) is 9.36 Å². The quantitative estimate of drug-likeness (QED) is 0.346. The summed E-state index contributed by atoms with van der Waals surface area (Å²) in [6.45, 7) is 2.42. The third-order valence-corrected chi connectivity index (χ3v) is 2.45. The number of rotatable bonds is 6. The molecule has 7 nitrogen and oxygen atoms in total. The van der Waals surface area contributed by atoms with E-state index in [1.165, 1.54) is 0 Å². The minimum atomic E-state index is -4.50. The van der Waals surface area contributed by atoms with E-state index in [1.807, 2.05) is 0 Å². The van der Waals surface area contributed by atoms with Crippen molar-refractivity contribution in [3.8, 4) is 0 Å². The van der Waals surface area contributed by atoms with Gasteiger partial charge in [0.05, 0.1) is 6.54 Å². The summed E-state index contributed by atoms with van der Waals surface area (Å²) in [4.78, 5) is 27.8. The molecule has 0 spiro atoms. The van der Waals surface area contributed by atoms with Crippen LogP contribution in [0.5, 0.6) is 0 Å². The van der Waals surface area contributed by atoms with Crippen molar-refractivity contribution in [1.82, 2.24) is 0 Å². The molecule has 1 atom stereocenters. The van der Waals surface area contributed by atoms with Crippen molar-refractivity contribution < 1.29 is 28.9 Å². The van der Waals surface area contributed by atoms with Crippen LogP contribution in [0.3, 0.4) is 0 Å². The van der Waals surface area contributed by atoms with Gasteiger partial charge in [0, 0.05) is 5.92 Å². The van der Waals surface area contributed by atoms with Crippen LogP contribution in [0.15, 0.2) is 0 Å². The maximum atomic E-state index is 11.8. The molecule has 0 aliphatic rings. The summed E-state index contributed by atoms with van der Waals surface area (Å²) >= 11 is 0. The van der Waals surface area contributed by atoms with Crippen molar-refractivity contribution in [1.29, 1.82) is 0 Å². The average Bonchev–Trinajstić information content (AvgIpc) is 1.73. The summed E-state index contributed by atoms with van der Waals surface area (Å²) in [6.07, 6.45) is -0.989. The summed E-state index contributed by atoms with van der Waals surface area (Å²) < 4.78 is 9.30. The Morgan fingerprint density at radius 2 is 1.93 bits per heavy atom. The molecule has 0 saturated heterocycles. The van der Waals surface area contributed by atoms with Gasteiger partial charge < -0.3 is 24.7 Å². The minimum absolute atomic E-state index is 0.128. The maximum Gasteiger partial charge on any atom is 0.379 e. The molecule has 0 rings (SSSR count). The molecule has 90 valence electrons. The third-order valence-electron chi connectivity index (χ3n) is 1.56. The Bertz CT molecular complexity index is 275. The summed E-state index contributed by atoms with van der Waals surface area (Å²) in [5.74, 6) is -1.49. The number of carbonyl (C=O) groups is 1. The normalized spacial score (nSPS) is 16.4. The van der Waals surface area contributed by atoms with Crippen molar-refractivity contribution in [3.63, 3.8) is 0 Å². The van der Waals surface area contributed by atoms with Crippen molar-refractivity contribution in [2.24, 2.45) is 5.92 Å². The fourth-order valence-electron chi connectivity index (χ4n) is 1.42. The molecule has 0 aromatic carbocycles. The summed E-state index contributed by atoms with van der Waals surface area (Å²) in [5.41, 5.74) is 0. The second-order valence-electron chi connectivity index (χ2n) is 3.99. The molecule has 0 aromatic heterocycles. The predicted molar refractivity (Wildman–Crippen MR) is 52.7 cm³/mol. The van der Waals surface area contributed by atoms with E-state index in [9.17, 15) is 14.6 Å². The van der Waals surface area contributed by atoms with E-state index in [0.29, 0.717) is 0 Å². The highest BCUT2D eigenvalue weighted by molar-refractivity contribution is 7.51. The van der Waals surface area contributed by atoms with Crippen LogP contribution < -0.4 is 0 Å². The minimum Gasteiger partial charge on any atom is -0.632 e. The van der Waals surface area contributed by atoms with Gasteiger partial charge in [0.2, 0.25) is 0 Å². The Balaban J connectivity index is 4.69. The number of carboxylic acids is 1. The Morgan fingerprint density at radius 3 is 2.20 bits per heavy atom. The third kappa shape index (κ3) is 7.47. The fourth-order valence-corrected chi connectivity index (χ4v) is 2.31. The van der Waals surface area contributed by atoms with Gasteiger partial charge in [-0.05, 0) is 0 Å². The van der Waals surface area contributed by atoms with E-state index in [2.05, 4.69) is 0 Å². The SMILES string of the molecule is CC(C)C[N+]([O-])(CC(=O)O)CP(=O)(O)O. The standard InChI is InChI=1S/C7H16NO6P/c1-6(2)3-8(11,4-7(9)10)5-15(12,13)14/h6H,3-5H2,1-2H3,(H,9,10)(H2,12,13,14). The zero-order valence-corrected chi connectivity index (χ0v) is 9.55. The first-order chi connectivity index (χ1) is 6.54. The molecule has 0 aliphatic heterocycles. The molecule has 0 amide bonds. The van der Waals surface area contributed by atoms with Gasteiger partial charge in [0.25, 0.3) is 0 Å². The van der Waals surface area contributed by atoms with Crippen molar-refractivity contribution in [3.05, 3.63) is 5.21 Å². The molecule has 0 radical (unpaired) electrons. The van der Waals surface area contributed by atoms with Crippen LogP contribution in [-0.4, -0.2) is 44.9 Å². The zero-order chi connectivity index (χ0) is 12.3. The molecular formula is C7H16NO6P. The maximum absolute atomic E-state index is 11.8. The molecule has 1 unspecified atom stereocenters. The fraction of sp³-hybridized carbons (Fsp3) is 0.857. The number of hydrogen-bond donors (Lipinski definition) is 3. The molecule has 0 bridgehead atoms. The molecule has 0 fully saturated rings. The topological polar surface area (TPSA) is 118 Å². The lowest BCUT2D eigenvalue weighted by molar-refractivity contribution is -0.865. The Kier molecular flexibility index (Phi) is 4.89. The summed E-state index contributed by atoms with van der Waals surface area (Å²) in [7, 11) is -4.50. The van der Waals surface area contributed by atoms with E-state index in [-0.39, 0.29) is 12.5 Å². The van der Waals surface area contributed by atoms with Crippen LogP contribution in [0.4, 0.5) is 0 Å². The summed E-state index contributed by atoms with van der Waals surface area (Å²) in [6, 6.07) is 0. The van der Waals surface area contributed by atoms with Crippen LogP contribution in [0.1, 0.15) is 13.8 Å². The van der Waals surface area contributed by atoms with Gasteiger partial charge in [0.15, 0.2) is 12.8 Å². The second-order valence-corrected chi connectivity index (χ2v) is 5.60. The molecule has 3 N–H and O–H groups in total. The number of nitrogens with zero attached hydrogens (tertiary/aromatic N) is 1. The molecule has 15 heavy (non-hydrogen) atoms. The second kappa shape index (κ2) is 5.05. The zero-order valence-electron chi connectivity index (χ0n) is 8.66. The number of carboxylic acid groups (broad SMARTS) is 1. The highest BCUT2D eigenvalue weighted by Crippen LogP contribution is 2.38. The number of aliphatic carboxylic acids is 1. The van der Waals surface area contributed by atoms with Crippen LogP contribution in [0.2, 0.25) is 0 Å². The Morgan fingerprint density at radius 1 is 1.47 bits per heavy atom. The van der Waals surface area contributed by atoms with Gasteiger partial charge in [-0.3, -0.25) is 4.57 Å². The molecular weight excluding hydrogens is 225 g/mol. The molecule has 8 heteroatoms. The molecule has 0 heterocycles. The number of hydrogen-bond acceptors (Lipinski definition) is 3. The highest BCUT2D eigenvalue weighted by Gasteiger charge is 2.31. The van der Waals surface area contributed by atoms with Gasteiger partial charge in [-0.15, -0.1) is 0 Å². The van der Waals surface area contributed by atoms with Crippen molar-refractivity contribution in [2.75, 3.05) is 19.4 Å². The predicted octanol–water partition coefficient (Wildman–Crippen LogP) is 0.177. The van der Waals surface area contributed by atoms with Crippen LogP contribution >= 0.6 is 7.60 Å². The first-order valence-corrected chi connectivity index (χ1v) is 6.17. The number of hydroxylamine groups is 3. The lowest BCUT2D eigenvalue weighted by Gasteiger charge is -2.42. The molecule has 0 saturated carbocycles. The van der Waals surface area contributed by atoms with Crippen LogP contribution in [0, 0.1) is 11.1 Å². The lowest BCUT2D eigenvalue weighted by Crippen LogP contribution is -2.48. The van der Waals surface area contributed by atoms with Gasteiger partial charge in [-0.1, -0.05) is 13.8 Å². The van der Waals surface area contributed by atoms with Gasteiger partial charge >= 0.3 is 13.6 Å². The molecule has 0 aromatic rings. The lowest BCUT2D eigenvalue weighted by atomic mass is 10.2. The van der Waals surface area contributed by atoms with Crippen molar-refractivity contribution >= 4 is 13.6 Å². The van der Waals surface area contributed by atoms with E-state index in [1.54, 1.807) is 13.8 Å². The monoisotopic (exact) mass is 241 g/mol. The summed E-state index contributed by atoms with van der Waals surface area (Å²) in [5, 5.41) is 20.3. The van der Waals surface area contributed by atoms with E-state index >= 15 is 0 Å². The van der Waals surface area contributed by atoms with E-state index in [4.69, 9.17) is 14.9 Å². The van der Waals surface area contributed by atoms with Gasteiger partial charge in [-0.2, -0.15) is 0 Å². The van der Waals surface area contributed by atoms with Gasteiger partial charge in [0.1, 0.15) is 0 Å². The average molecular weight is 241 g/mol. The van der Waals surface area contributed by atoms with Gasteiger partial charge in [-0.25, -0.2) is 4.79 Å². The number of quaternary nitrogens is 1. The smallest absolute Gasteiger partial charge is 0.379 e. The first-order valence-electron chi connectivity index (χ1n) is 4.37. The first kappa shape index (κ1) is 14.5. The Hall–Kier alpha value is -0.460. The van der Waals surface area contributed by atoms with Crippen molar-refractivity contribution in [2.45, 2.75) is 13.8 Å². The van der Waals surface area contributed by atoms with E-state index < -0.39 is 31.0 Å².